The maximum atomic E-state index is 11.9. The SMILES string of the molecule is CN(C[C@@H]1CCOC1)C(=O)CCN1CCCC1=O. The Morgan fingerprint density at radius 1 is 1.56 bits per heavy atom. The molecule has 2 saturated heterocycles. The molecule has 2 heterocycles. The van der Waals surface area contributed by atoms with Crippen LogP contribution in [0.4, 0.5) is 0 Å². The van der Waals surface area contributed by atoms with Crippen LogP contribution in [0.1, 0.15) is 25.7 Å². The molecule has 2 aliphatic heterocycles. The lowest BCUT2D eigenvalue weighted by atomic mass is 10.1. The molecule has 0 aliphatic carbocycles. The van der Waals surface area contributed by atoms with E-state index in [0.29, 0.717) is 25.3 Å². The van der Waals surface area contributed by atoms with Gasteiger partial charge in [-0.2, -0.15) is 0 Å². The highest BCUT2D eigenvalue weighted by atomic mass is 16.5. The first-order valence-electron chi connectivity index (χ1n) is 6.76. The molecule has 2 aliphatic rings. The zero-order valence-electron chi connectivity index (χ0n) is 11.1. The van der Waals surface area contributed by atoms with Crippen LogP contribution in [0.15, 0.2) is 0 Å². The number of carbonyl (C=O) groups excluding carboxylic acids is 2. The topological polar surface area (TPSA) is 49.9 Å². The first kappa shape index (κ1) is 13.3. The third kappa shape index (κ3) is 3.45. The van der Waals surface area contributed by atoms with Crippen molar-refractivity contribution in [2.75, 3.05) is 39.9 Å². The van der Waals surface area contributed by atoms with E-state index in [-0.39, 0.29) is 11.8 Å². The predicted octanol–water partition coefficient (Wildman–Crippen LogP) is 0.494. The van der Waals surface area contributed by atoms with Gasteiger partial charge in [-0.15, -0.1) is 0 Å². The molecule has 0 bridgehead atoms. The molecule has 2 rings (SSSR count). The molecule has 1 atom stereocenters. The summed E-state index contributed by atoms with van der Waals surface area (Å²) in [5.41, 5.74) is 0. The third-order valence-electron chi connectivity index (χ3n) is 3.75. The fraction of sp³-hybridized carbons (Fsp3) is 0.846. The van der Waals surface area contributed by atoms with Crippen LogP contribution >= 0.6 is 0 Å². The van der Waals surface area contributed by atoms with Gasteiger partial charge in [0, 0.05) is 52.0 Å². The number of likely N-dealkylation sites (tertiary alicyclic amines) is 1. The van der Waals surface area contributed by atoms with Crippen molar-refractivity contribution in [1.82, 2.24) is 9.80 Å². The molecule has 18 heavy (non-hydrogen) atoms. The van der Waals surface area contributed by atoms with Crippen LogP contribution in [0.25, 0.3) is 0 Å². The zero-order chi connectivity index (χ0) is 13.0. The molecule has 2 amide bonds. The van der Waals surface area contributed by atoms with Crippen molar-refractivity contribution in [3.8, 4) is 0 Å². The Bertz CT molecular complexity index is 313. The fourth-order valence-electron chi connectivity index (χ4n) is 2.58. The molecule has 0 aromatic heterocycles. The average molecular weight is 254 g/mol. The number of ether oxygens (including phenoxy) is 1. The van der Waals surface area contributed by atoms with E-state index in [1.165, 1.54) is 0 Å². The van der Waals surface area contributed by atoms with Crippen molar-refractivity contribution in [2.24, 2.45) is 5.92 Å². The highest BCUT2D eigenvalue weighted by Gasteiger charge is 2.23. The molecule has 0 saturated carbocycles. The lowest BCUT2D eigenvalue weighted by Gasteiger charge is -2.22. The zero-order valence-corrected chi connectivity index (χ0v) is 11.1. The fourth-order valence-corrected chi connectivity index (χ4v) is 2.58. The van der Waals surface area contributed by atoms with Crippen molar-refractivity contribution in [3.05, 3.63) is 0 Å². The molecule has 0 unspecified atom stereocenters. The van der Waals surface area contributed by atoms with Crippen LogP contribution in [0.2, 0.25) is 0 Å². The van der Waals surface area contributed by atoms with Crippen LogP contribution in [0, 0.1) is 5.92 Å². The number of hydrogen-bond donors (Lipinski definition) is 0. The second-order valence-corrected chi connectivity index (χ2v) is 5.24. The second-order valence-electron chi connectivity index (χ2n) is 5.24. The molecule has 0 aromatic carbocycles. The van der Waals surface area contributed by atoms with Crippen LogP contribution in [-0.4, -0.2) is 61.5 Å². The quantitative estimate of drug-likeness (QED) is 0.717. The van der Waals surface area contributed by atoms with Gasteiger partial charge in [0.15, 0.2) is 0 Å². The summed E-state index contributed by atoms with van der Waals surface area (Å²) >= 11 is 0. The van der Waals surface area contributed by atoms with Crippen molar-refractivity contribution < 1.29 is 14.3 Å². The van der Waals surface area contributed by atoms with Crippen molar-refractivity contribution >= 4 is 11.8 Å². The summed E-state index contributed by atoms with van der Waals surface area (Å²) in [5.74, 6) is 0.795. The van der Waals surface area contributed by atoms with Gasteiger partial charge in [0.1, 0.15) is 0 Å². The Balaban J connectivity index is 1.68. The van der Waals surface area contributed by atoms with E-state index < -0.39 is 0 Å². The molecular weight excluding hydrogens is 232 g/mol. The smallest absolute Gasteiger partial charge is 0.224 e. The highest BCUT2D eigenvalue weighted by Crippen LogP contribution is 2.14. The summed E-state index contributed by atoms with van der Waals surface area (Å²) in [7, 11) is 1.84. The third-order valence-corrected chi connectivity index (χ3v) is 3.75. The van der Waals surface area contributed by atoms with Gasteiger partial charge in [-0.25, -0.2) is 0 Å². The maximum Gasteiger partial charge on any atom is 0.224 e. The number of amides is 2. The summed E-state index contributed by atoms with van der Waals surface area (Å²) in [6.07, 6.45) is 3.06. The van der Waals surface area contributed by atoms with E-state index in [0.717, 1.165) is 39.1 Å². The monoisotopic (exact) mass is 254 g/mol. The molecule has 102 valence electrons. The van der Waals surface area contributed by atoms with Crippen molar-refractivity contribution in [2.45, 2.75) is 25.7 Å². The van der Waals surface area contributed by atoms with E-state index in [4.69, 9.17) is 4.74 Å². The van der Waals surface area contributed by atoms with Gasteiger partial charge >= 0.3 is 0 Å². The molecular formula is C13H22N2O3. The minimum Gasteiger partial charge on any atom is -0.381 e. The van der Waals surface area contributed by atoms with Gasteiger partial charge in [0.25, 0.3) is 0 Å². The Labute approximate surface area is 108 Å². The highest BCUT2D eigenvalue weighted by molar-refractivity contribution is 5.80. The van der Waals surface area contributed by atoms with E-state index in [2.05, 4.69) is 0 Å². The number of rotatable bonds is 5. The van der Waals surface area contributed by atoms with Gasteiger partial charge in [-0.3, -0.25) is 9.59 Å². The lowest BCUT2D eigenvalue weighted by Crippen LogP contribution is -2.35. The van der Waals surface area contributed by atoms with Crippen LogP contribution in [0.5, 0.6) is 0 Å². The Hall–Kier alpha value is -1.10. The maximum absolute atomic E-state index is 11.9. The largest absolute Gasteiger partial charge is 0.381 e. The number of nitrogens with zero attached hydrogens (tertiary/aromatic N) is 2. The normalized spacial score (nSPS) is 23.7. The summed E-state index contributed by atoms with van der Waals surface area (Å²) in [6, 6.07) is 0. The average Bonchev–Trinajstić information content (AvgIpc) is 2.98. The van der Waals surface area contributed by atoms with Crippen LogP contribution in [0.3, 0.4) is 0 Å². The van der Waals surface area contributed by atoms with E-state index in [1.54, 1.807) is 9.80 Å². The minimum atomic E-state index is 0.126. The molecule has 5 heteroatoms. The van der Waals surface area contributed by atoms with E-state index >= 15 is 0 Å². The van der Waals surface area contributed by atoms with Gasteiger partial charge in [0.2, 0.25) is 11.8 Å². The summed E-state index contributed by atoms with van der Waals surface area (Å²) < 4.78 is 5.30. The summed E-state index contributed by atoms with van der Waals surface area (Å²) in [6.45, 7) is 3.74. The molecule has 0 aromatic rings. The van der Waals surface area contributed by atoms with Crippen LogP contribution < -0.4 is 0 Å². The number of carbonyl (C=O) groups is 2. The van der Waals surface area contributed by atoms with Gasteiger partial charge in [0.05, 0.1) is 6.61 Å². The Morgan fingerprint density at radius 2 is 2.39 bits per heavy atom. The van der Waals surface area contributed by atoms with Gasteiger partial charge in [-0.1, -0.05) is 0 Å². The van der Waals surface area contributed by atoms with Gasteiger partial charge in [-0.05, 0) is 12.8 Å². The molecule has 0 radical (unpaired) electrons. The minimum absolute atomic E-state index is 0.126. The van der Waals surface area contributed by atoms with Crippen molar-refractivity contribution in [3.63, 3.8) is 0 Å². The van der Waals surface area contributed by atoms with Crippen LogP contribution in [-0.2, 0) is 14.3 Å². The lowest BCUT2D eigenvalue weighted by molar-refractivity contribution is -0.132. The Kier molecular flexibility index (Phi) is 4.58. The molecule has 0 spiro atoms. The predicted molar refractivity (Wildman–Crippen MR) is 67.0 cm³/mol. The van der Waals surface area contributed by atoms with E-state index in [9.17, 15) is 9.59 Å². The Morgan fingerprint density at radius 3 is 3.00 bits per heavy atom. The molecule has 0 N–H and O–H groups in total. The summed E-state index contributed by atoms with van der Waals surface area (Å²) in [5, 5.41) is 0. The first-order valence-corrected chi connectivity index (χ1v) is 6.76. The molecule has 5 nitrogen and oxygen atoms in total. The van der Waals surface area contributed by atoms with E-state index in [1.807, 2.05) is 7.05 Å². The van der Waals surface area contributed by atoms with Gasteiger partial charge < -0.3 is 14.5 Å². The summed E-state index contributed by atoms with van der Waals surface area (Å²) in [4.78, 5) is 26.9. The standard InChI is InChI=1S/C13H22N2O3/c1-14(9-11-5-8-18-10-11)12(16)4-7-15-6-2-3-13(15)17/h11H,2-10H2,1H3/t11-/m0/s1. The first-order chi connectivity index (χ1) is 8.66. The molecule has 2 fully saturated rings. The van der Waals surface area contributed by atoms with Crippen molar-refractivity contribution in [1.29, 1.82) is 0 Å². The number of hydrogen-bond acceptors (Lipinski definition) is 3. The second kappa shape index (κ2) is 6.18.